The average Bonchev–Trinajstić information content (AvgIpc) is 2.16. The molecule has 1 unspecified atom stereocenters. The second kappa shape index (κ2) is 5.10. The Labute approximate surface area is 92.4 Å². The summed E-state index contributed by atoms with van der Waals surface area (Å²) in [7, 11) is 0. The van der Waals surface area contributed by atoms with Gasteiger partial charge in [0.1, 0.15) is 6.04 Å². The molecule has 0 aliphatic carbocycles. The predicted molar refractivity (Wildman–Crippen MR) is 57.7 cm³/mol. The molecule has 0 bridgehead atoms. The van der Waals surface area contributed by atoms with E-state index in [1.165, 1.54) is 0 Å². The summed E-state index contributed by atoms with van der Waals surface area (Å²) in [4.78, 5) is 22.3. The van der Waals surface area contributed by atoms with Crippen LogP contribution < -0.4 is 21.5 Å². The molecular weight excluding hydrogens is 212 g/mol. The molecule has 0 aliphatic rings. The summed E-state index contributed by atoms with van der Waals surface area (Å²) in [5, 5.41) is 2.68. The first kappa shape index (κ1) is 12.0. The van der Waals surface area contributed by atoms with Crippen LogP contribution in [0, 0.1) is 0 Å². The van der Waals surface area contributed by atoms with Gasteiger partial charge in [0.15, 0.2) is 0 Å². The van der Waals surface area contributed by atoms with Crippen molar-refractivity contribution in [2.45, 2.75) is 19.9 Å². The lowest BCUT2D eigenvalue weighted by molar-refractivity contribution is -0.118. The summed E-state index contributed by atoms with van der Waals surface area (Å²) in [5.41, 5.74) is 10.5. The maximum atomic E-state index is 10.8. The summed E-state index contributed by atoms with van der Waals surface area (Å²) < 4.78 is 5.07. The molecule has 1 rings (SSSR count). The van der Waals surface area contributed by atoms with Crippen molar-refractivity contribution in [3.63, 3.8) is 0 Å². The van der Waals surface area contributed by atoms with E-state index in [1.54, 1.807) is 13.8 Å². The van der Waals surface area contributed by atoms with Gasteiger partial charge in [-0.05, 0) is 13.8 Å². The summed E-state index contributed by atoms with van der Waals surface area (Å²) in [6, 6.07) is -0.495. The lowest BCUT2D eigenvalue weighted by Crippen LogP contribution is -2.33. The van der Waals surface area contributed by atoms with E-state index in [0.717, 1.165) is 0 Å². The first-order chi connectivity index (χ1) is 7.52. The van der Waals surface area contributed by atoms with Crippen molar-refractivity contribution < 1.29 is 9.53 Å². The molecule has 1 aromatic rings. The molecule has 1 heterocycles. The van der Waals surface area contributed by atoms with Crippen LogP contribution in [0.5, 0.6) is 6.01 Å². The highest BCUT2D eigenvalue weighted by Gasteiger charge is 2.11. The van der Waals surface area contributed by atoms with Crippen LogP contribution in [0.1, 0.15) is 13.8 Å². The molecule has 0 spiro atoms. The molecule has 0 aromatic carbocycles. The molecule has 8 nitrogen and oxygen atoms in total. The van der Waals surface area contributed by atoms with Gasteiger partial charge in [0.2, 0.25) is 17.8 Å². The Balaban J connectivity index is 2.83. The molecule has 1 aromatic heterocycles. The van der Waals surface area contributed by atoms with Crippen LogP contribution in [-0.2, 0) is 4.79 Å². The number of primary amides is 1. The number of hydrogen-bond acceptors (Lipinski definition) is 7. The lowest BCUT2D eigenvalue weighted by Gasteiger charge is -2.10. The van der Waals surface area contributed by atoms with Crippen molar-refractivity contribution in [3.05, 3.63) is 0 Å². The number of hydrogen-bond donors (Lipinski definition) is 3. The van der Waals surface area contributed by atoms with Crippen LogP contribution in [0.3, 0.4) is 0 Å². The fraction of sp³-hybridized carbons (Fsp3) is 0.500. The normalized spacial score (nSPS) is 11.9. The van der Waals surface area contributed by atoms with Gasteiger partial charge in [-0.2, -0.15) is 15.0 Å². The maximum Gasteiger partial charge on any atom is 0.323 e. The second-order valence-electron chi connectivity index (χ2n) is 3.00. The fourth-order valence-electron chi connectivity index (χ4n) is 0.895. The molecule has 0 saturated heterocycles. The van der Waals surface area contributed by atoms with E-state index < -0.39 is 11.9 Å². The third-order valence-corrected chi connectivity index (χ3v) is 1.68. The molecule has 16 heavy (non-hydrogen) atoms. The van der Waals surface area contributed by atoms with Crippen LogP contribution in [0.4, 0.5) is 11.9 Å². The van der Waals surface area contributed by atoms with Crippen molar-refractivity contribution in [2.24, 2.45) is 5.73 Å². The highest BCUT2D eigenvalue weighted by Crippen LogP contribution is 2.09. The Bertz CT molecular complexity index is 383. The van der Waals surface area contributed by atoms with Crippen LogP contribution >= 0.6 is 0 Å². The van der Waals surface area contributed by atoms with Crippen LogP contribution in [0.2, 0.25) is 0 Å². The zero-order chi connectivity index (χ0) is 12.1. The number of nitrogens with one attached hydrogen (secondary N) is 1. The van der Waals surface area contributed by atoms with Gasteiger partial charge in [-0.1, -0.05) is 0 Å². The summed E-state index contributed by atoms with van der Waals surface area (Å²) in [6.07, 6.45) is 0. The molecule has 5 N–H and O–H groups in total. The second-order valence-corrected chi connectivity index (χ2v) is 3.00. The average molecular weight is 226 g/mol. The quantitative estimate of drug-likeness (QED) is 0.595. The summed E-state index contributed by atoms with van der Waals surface area (Å²) in [6.45, 7) is 3.79. The number of ether oxygens (including phenoxy) is 1. The van der Waals surface area contributed by atoms with Gasteiger partial charge in [-0.25, -0.2) is 0 Å². The number of rotatable bonds is 5. The van der Waals surface area contributed by atoms with Crippen LogP contribution in [-0.4, -0.2) is 33.5 Å². The smallest absolute Gasteiger partial charge is 0.323 e. The lowest BCUT2D eigenvalue weighted by atomic mass is 10.3. The third kappa shape index (κ3) is 3.23. The number of nitrogens with zero attached hydrogens (tertiary/aromatic N) is 3. The van der Waals surface area contributed by atoms with Crippen molar-refractivity contribution in [2.75, 3.05) is 17.7 Å². The third-order valence-electron chi connectivity index (χ3n) is 1.68. The van der Waals surface area contributed by atoms with Gasteiger partial charge in [0.25, 0.3) is 0 Å². The first-order valence-corrected chi connectivity index (χ1v) is 4.73. The van der Waals surface area contributed by atoms with E-state index in [-0.39, 0.29) is 17.9 Å². The number of anilines is 2. The highest BCUT2D eigenvalue weighted by atomic mass is 16.5. The molecule has 8 heteroatoms. The molecule has 0 saturated carbocycles. The minimum Gasteiger partial charge on any atom is -0.464 e. The van der Waals surface area contributed by atoms with E-state index in [0.29, 0.717) is 6.61 Å². The number of aromatic nitrogens is 3. The van der Waals surface area contributed by atoms with E-state index in [1.807, 2.05) is 0 Å². The standard InChI is InChI=1S/C8H14N6O2/c1-3-16-8-13-6(10)12-7(14-8)11-4(2)5(9)15/h4H,3H2,1-2H3,(H2,9,15)(H3,10,11,12,13,14). The maximum absolute atomic E-state index is 10.8. The van der Waals surface area contributed by atoms with Gasteiger partial charge < -0.3 is 21.5 Å². The van der Waals surface area contributed by atoms with Crippen LogP contribution in [0.25, 0.3) is 0 Å². The van der Waals surface area contributed by atoms with Crippen molar-refractivity contribution in [1.29, 1.82) is 0 Å². The minimum absolute atomic E-state index is 0.0117. The molecule has 0 aliphatic heterocycles. The topological polar surface area (TPSA) is 129 Å². The van der Waals surface area contributed by atoms with Gasteiger partial charge in [-0.15, -0.1) is 0 Å². The number of nitrogens with two attached hydrogens (primary N) is 2. The van der Waals surface area contributed by atoms with Gasteiger partial charge in [0.05, 0.1) is 6.61 Å². The molecule has 1 amide bonds. The predicted octanol–water partition coefficient (Wildman–Crippen LogP) is -0.862. The Hall–Kier alpha value is -2.12. The molecule has 88 valence electrons. The first-order valence-electron chi connectivity index (χ1n) is 4.73. The number of nitrogen functional groups attached to an aromatic ring is 1. The number of carbonyl (C=O) groups excluding carboxylic acids is 1. The van der Waals surface area contributed by atoms with E-state index in [2.05, 4.69) is 20.3 Å². The SMILES string of the molecule is CCOc1nc(N)nc(NC(C)C(N)=O)n1. The Morgan fingerprint density at radius 1 is 1.50 bits per heavy atom. The molecule has 1 atom stereocenters. The van der Waals surface area contributed by atoms with Crippen molar-refractivity contribution >= 4 is 17.8 Å². The molecular formula is C8H14N6O2. The molecule has 0 fully saturated rings. The minimum atomic E-state index is -0.601. The van der Waals surface area contributed by atoms with Crippen LogP contribution in [0.15, 0.2) is 0 Å². The zero-order valence-corrected chi connectivity index (χ0v) is 9.10. The fourth-order valence-corrected chi connectivity index (χ4v) is 0.895. The van der Waals surface area contributed by atoms with E-state index in [9.17, 15) is 4.79 Å². The van der Waals surface area contributed by atoms with Gasteiger partial charge in [0, 0.05) is 0 Å². The number of amides is 1. The van der Waals surface area contributed by atoms with E-state index in [4.69, 9.17) is 16.2 Å². The Morgan fingerprint density at radius 2 is 2.19 bits per heavy atom. The monoisotopic (exact) mass is 226 g/mol. The van der Waals surface area contributed by atoms with Crippen molar-refractivity contribution in [3.8, 4) is 6.01 Å². The zero-order valence-electron chi connectivity index (χ0n) is 9.10. The number of carbonyl (C=O) groups is 1. The molecule has 0 radical (unpaired) electrons. The summed E-state index contributed by atoms with van der Waals surface area (Å²) >= 11 is 0. The van der Waals surface area contributed by atoms with E-state index >= 15 is 0 Å². The largest absolute Gasteiger partial charge is 0.464 e. The Kier molecular flexibility index (Phi) is 3.81. The Morgan fingerprint density at radius 3 is 2.75 bits per heavy atom. The van der Waals surface area contributed by atoms with Crippen molar-refractivity contribution in [1.82, 2.24) is 15.0 Å². The van der Waals surface area contributed by atoms with Gasteiger partial charge >= 0.3 is 6.01 Å². The summed E-state index contributed by atoms with van der Waals surface area (Å²) in [5.74, 6) is -0.350. The highest BCUT2D eigenvalue weighted by molar-refractivity contribution is 5.81. The van der Waals surface area contributed by atoms with Gasteiger partial charge in [-0.3, -0.25) is 4.79 Å².